The van der Waals surface area contributed by atoms with Crippen molar-refractivity contribution >= 4 is 0 Å². The van der Waals surface area contributed by atoms with E-state index in [0.717, 1.165) is 13.1 Å². The molecule has 1 heterocycles. The molecule has 2 rings (SSSR count). The van der Waals surface area contributed by atoms with E-state index in [9.17, 15) is 0 Å². The van der Waals surface area contributed by atoms with Gasteiger partial charge in [0.1, 0.15) is 0 Å². The number of benzene rings is 1. The summed E-state index contributed by atoms with van der Waals surface area (Å²) in [6.07, 6.45) is 1.26. The molecule has 1 aromatic carbocycles. The summed E-state index contributed by atoms with van der Waals surface area (Å²) in [5.41, 5.74) is 3.27. The summed E-state index contributed by atoms with van der Waals surface area (Å²) in [6, 6.07) is 8.99. The zero-order valence-corrected chi connectivity index (χ0v) is 10.0. The highest BCUT2D eigenvalue weighted by atomic mass is 14.9. The van der Waals surface area contributed by atoms with E-state index in [-0.39, 0.29) is 0 Å². The van der Waals surface area contributed by atoms with E-state index >= 15 is 0 Å². The highest BCUT2D eigenvalue weighted by molar-refractivity contribution is 5.27. The summed E-state index contributed by atoms with van der Waals surface area (Å²) in [7, 11) is 0. The van der Waals surface area contributed by atoms with Gasteiger partial charge in [-0.3, -0.25) is 0 Å². The largest absolute Gasteiger partial charge is 0.316 e. The van der Waals surface area contributed by atoms with Gasteiger partial charge in [-0.1, -0.05) is 43.7 Å². The van der Waals surface area contributed by atoms with Gasteiger partial charge >= 0.3 is 0 Å². The van der Waals surface area contributed by atoms with Crippen LogP contribution in [0.15, 0.2) is 24.3 Å². The van der Waals surface area contributed by atoms with Crippen LogP contribution in [0.2, 0.25) is 0 Å². The molecule has 1 heteroatoms. The molecule has 1 aliphatic heterocycles. The highest BCUT2D eigenvalue weighted by Gasteiger charge is 2.32. The second kappa shape index (κ2) is 3.97. The zero-order valence-electron chi connectivity index (χ0n) is 10.0. The molecule has 1 fully saturated rings. The molecule has 1 atom stereocenters. The van der Waals surface area contributed by atoms with Gasteiger partial charge in [-0.05, 0) is 36.8 Å². The van der Waals surface area contributed by atoms with Crippen molar-refractivity contribution in [3.63, 3.8) is 0 Å². The summed E-state index contributed by atoms with van der Waals surface area (Å²) >= 11 is 0. The third-order valence-electron chi connectivity index (χ3n) is 3.58. The Labute approximate surface area is 92.9 Å². The number of piperidine rings is 1. The van der Waals surface area contributed by atoms with Crippen LogP contribution in [0.25, 0.3) is 0 Å². The Kier molecular flexibility index (Phi) is 2.83. The Hall–Kier alpha value is -0.820. The maximum absolute atomic E-state index is 3.49. The van der Waals surface area contributed by atoms with Gasteiger partial charge in [-0.15, -0.1) is 0 Å². The third-order valence-corrected chi connectivity index (χ3v) is 3.58. The van der Waals surface area contributed by atoms with E-state index in [1.807, 2.05) is 0 Å². The maximum Gasteiger partial charge on any atom is 0.000838 e. The van der Waals surface area contributed by atoms with Crippen molar-refractivity contribution in [2.45, 2.75) is 33.1 Å². The summed E-state index contributed by atoms with van der Waals surface area (Å²) in [4.78, 5) is 0. The van der Waals surface area contributed by atoms with Gasteiger partial charge in [0.2, 0.25) is 0 Å². The summed E-state index contributed by atoms with van der Waals surface area (Å²) in [6.45, 7) is 9.20. The molecule has 0 aliphatic carbocycles. The molecule has 0 amide bonds. The Morgan fingerprint density at radius 2 is 2.13 bits per heavy atom. The Balaban J connectivity index is 2.29. The van der Waals surface area contributed by atoms with Crippen molar-refractivity contribution in [2.24, 2.45) is 5.41 Å². The van der Waals surface area contributed by atoms with E-state index in [2.05, 4.69) is 50.4 Å². The van der Waals surface area contributed by atoms with Crippen molar-refractivity contribution in [3.8, 4) is 0 Å². The van der Waals surface area contributed by atoms with Crippen LogP contribution in [0.5, 0.6) is 0 Å². The van der Waals surface area contributed by atoms with Crippen LogP contribution in [0.1, 0.15) is 37.3 Å². The first-order valence-corrected chi connectivity index (χ1v) is 5.87. The smallest absolute Gasteiger partial charge is 0.000838 e. The van der Waals surface area contributed by atoms with Gasteiger partial charge in [-0.25, -0.2) is 0 Å². The number of nitrogens with one attached hydrogen (secondary N) is 1. The lowest BCUT2D eigenvalue weighted by atomic mass is 9.71. The van der Waals surface area contributed by atoms with Crippen molar-refractivity contribution in [1.82, 2.24) is 5.32 Å². The first-order chi connectivity index (χ1) is 7.09. The molecular weight excluding hydrogens is 182 g/mol. The van der Waals surface area contributed by atoms with Gasteiger partial charge in [0, 0.05) is 6.54 Å². The fraction of sp³-hybridized carbons (Fsp3) is 0.571. The molecule has 1 N–H and O–H groups in total. The van der Waals surface area contributed by atoms with Crippen molar-refractivity contribution in [1.29, 1.82) is 0 Å². The van der Waals surface area contributed by atoms with E-state index < -0.39 is 0 Å². The molecular formula is C14H21N. The fourth-order valence-corrected chi connectivity index (χ4v) is 2.68. The van der Waals surface area contributed by atoms with E-state index in [1.54, 1.807) is 0 Å². The molecule has 15 heavy (non-hydrogen) atoms. The lowest BCUT2D eigenvalue weighted by Crippen LogP contribution is -2.41. The normalized spacial score (nSPS) is 25.1. The molecule has 0 saturated carbocycles. The Morgan fingerprint density at radius 3 is 2.80 bits per heavy atom. The SMILES string of the molecule is Cc1cccc(C2CCNCC2(C)C)c1. The molecule has 1 saturated heterocycles. The lowest BCUT2D eigenvalue weighted by Gasteiger charge is -2.39. The van der Waals surface area contributed by atoms with E-state index in [0.29, 0.717) is 11.3 Å². The fourth-order valence-electron chi connectivity index (χ4n) is 2.68. The molecule has 1 aromatic rings. The number of hydrogen-bond donors (Lipinski definition) is 1. The average molecular weight is 203 g/mol. The van der Waals surface area contributed by atoms with Gasteiger partial charge in [0.15, 0.2) is 0 Å². The molecule has 82 valence electrons. The van der Waals surface area contributed by atoms with Gasteiger partial charge in [0.05, 0.1) is 0 Å². The molecule has 1 aliphatic rings. The first-order valence-electron chi connectivity index (χ1n) is 5.87. The van der Waals surface area contributed by atoms with Crippen LogP contribution in [-0.4, -0.2) is 13.1 Å². The summed E-state index contributed by atoms with van der Waals surface area (Å²) in [5.74, 6) is 0.707. The second-order valence-corrected chi connectivity index (χ2v) is 5.42. The summed E-state index contributed by atoms with van der Waals surface area (Å²) < 4.78 is 0. The first kappa shape index (κ1) is 10.7. The average Bonchev–Trinajstić information content (AvgIpc) is 2.17. The molecule has 1 unspecified atom stereocenters. The molecule has 0 radical (unpaired) electrons. The van der Waals surface area contributed by atoms with Crippen LogP contribution in [-0.2, 0) is 0 Å². The number of rotatable bonds is 1. The topological polar surface area (TPSA) is 12.0 Å². The van der Waals surface area contributed by atoms with Crippen LogP contribution < -0.4 is 5.32 Å². The Bertz CT molecular complexity index is 341. The zero-order chi connectivity index (χ0) is 10.9. The highest BCUT2D eigenvalue weighted by Crippen LogP contribution is 2.39. The molecule has 0 aromatic heterocycles. The van der Waals surface area contributed by atoms with E-state index in [1.165, 1.54) is 17.5 Å². The minimum absolute atomic E-state index is 0.381. The molecule has 0 bridgehead atoms. The van der Waals surface area contributed by atoms with E-state index in [4.69, 9.17) is 0 Å². The Morgan fingerprint density at radius 1 is 1.33 bits per heavy atom. The van der Waals surface area contributed by atoms with Crippen molar-refractivity contribution in [3.05, 3.63) is 35.4 Å². The van der Waals surface area contributed by atoms with Crippen molar-refractivity contribution < 1.29 is 0 Å². The monoisotopic (exact) mass is 203 g/mol. The van der Waals surface area contributed by atoms with Crippen LogP contribution in [0.4, 0.5) is 0 Å². The van der Waals surface area contributed by atoms with Gasteiger partial charge in [0.25, 0.3) is 0 Å². The standard InChI is InChI=1S/C14H21N/c1-11-5-4-6-12(9-11)13-7-8-15-10-14(13,2)3/h4-6,9,13,15H,7-8,10H2,1-3H3. The number of hydrogen-bond acceptors (Lipinski definition) is 1. The molecule has 1 nitrogen and oxygen atoms in total. The van der Waals surface area contributed by atoms with Crippen LogP contribution in [0, 0.1) is 12.3 Å². The van der Waals surface area contributed by atoms with Crippen molar-refractivity contribution in [2.75, 3.05) is 13.1 Å². The van der Waals surface area contributed by atoms with Gasteiger partial charge < -0.3 is 5.32 Å². The minimum Gasteiger partial charge on any atom is -0.316 e. The maximum atomic E-state index is 3.49. The third kappa shape index (κ3) is 2.23. The minimum atomic E-state index is 0.381. The predicted molar refractivity (Wildman–Crippen MR) is 65.2 cm³/mol. The summed E-state index contributed by atoms with van der Waals surface area (Å²) in [5, 5.41) is 3.49. The van der Waals surface area contributed by atoms with Crippen LogP contribution >= 0.6 is 0 Å². The second-order valence-electron chi connectivity index (χ2n) is 5.42. The number of aryl methyl sites for hydroxylation is 1. The van der Waals surface area contributed by atoms with Crippen LogP contribution in [0.3, 0.4) is 0 Å². The predicted octanol–water partition coefficient (Wildman–Crippen LogP) is 3.10. The lowest BCUT2D eigenvalue weighted by molar-refractivity contribution is 0.219. The molecule has 0 spiro atoms. The van der Waals surface area contributed by atoms with Gasteiger partial charge in [-0.2, -0.15) is 0 Å². The quantitative estimate of drug-likeness (QED) is 0.739.